The quantitative estimate of drug-likeness (QED) is 0.816. The maximum Gasteiger partial charge on any atom is 0.107 e. The molecule has 0 unspecified atom stereocenters. The van der Waals surface area contributed by atoms with Crippen LogP contribution in [-0.2, 0) is 6.42 Å². The normalized spacial score (nSPS) is 11.0. The number of nitrogens with one attached hydrogen (secondary N) is 2. The van der Waals surface area contributed by atoms with Crippen molar-refractivity contribution >= 4 is 0 Å². The molecule has 0 fully saturated rings. The molecule has 0 aliphatic heterocycles. The highest BCUT2D eigenvalue weighted by Gasteiger charge is 2.04. The number of imidazole rings is 1. The number of hydrogen-bond donors (Lipinski definition) is 2. The smallest absolute Gasteiger partial charge is 0.107 e. The highest BCUT2D eigenvalue weighted by molar-refractivity contribution is 5.51. The summed E-state index contributed by atoms with van der Waals surface area (Å²) in [7, 11) is 0. The molecular weight excluding hydrogens is 214 g/mol. The SMILES string of the molecule is CC(C)NCCc1ncc(-c2cnccn2)[nH]1. The summed E-state index contributed by atoms with van der Waals surface area (Å²) in [5.41, 5.74) is 1.74. The van der Waals surface area contributed by atoms with Crippen LogP contribution in [0.3, 0.4) is 0 Å². The van der Waals surface area contributed by atoms with Crippen molar-refractivity contribution < 1.29 is 0 Å². The van der Waals surface area contributed by atoms with Crippen molar-refractivity contribution in [3.05, 3.63) is 30.6 Å². The number of aromatic nitrogens is 4. The average Bonchev–Trinajstić information content (AvgIpc) is 2.78. The van der Waals surface area contributed by atoms with Crippen LogP contribution in [0.25, 0.3) is 11.4 Å². The van der Waals surface area contributed by atoms with Crippen LogP contribution in [0.2, 0.25) is 0 Å². The Bertz CT molecular complexity index is 449. The van der Waals surface area contributed by atoms with Crippen LogP contribution in [0.4, 0.5) is 0 Å². The van der Waals surface area contributed by atoms with Crippen molar-refractivity contribution in [2.45, 2.75) is 26.3 Å². The fourth-order valence-corrected chi connectivity index (χ4v) is 1.54. The molecule has 2 N–H and O–H groups in total. The summed E-state index contributed by atoms with van der Waals surface area (Å²) in [6, 6.07) is 0.504. The van der Waals surface area contributed by atoms with Crippen molar-refractivity contribution in [1.29, 1.82) is 0 Å². The summed E-state index contributed by atoms with van der Waals surface area (Å²) in [5, 5.41) is 3.36. The van der Waals surface area contributed by atoms with E-state index in [1.807, 2.05) is 0 Å². The van der Waals surface area contributed by atoms with E-state index in [1.165, 1.54) is 0 Å². The lowest BCUT2D eigenvalue weighted by Gasteiger charge is -2.05. The summed E-state index contributed by atoms with van der Waals surface area (Å²) >= 11 is 0. The number of nitrogens with zero attached hydrogens (tertiary/aromatic N) is 3. The number of H-pyrrole nitrogens is 1. The zero-order chi connectivity index (χ0) is 12.1. The van der Waals surface area contributed by atoms with Gasteiger partial charge >= 0.3 is 0 Å². The first-order chi connectivity index (χ1) is 8.25. The monoisotopic (exact) mass is 231 g/mol. The molecule has 2 aromatic heterocycles. The molecule has 0 bridgehead atoms. The molecule has 5 heteroatoms. The minimum atomic E-state index is 0.504. The first-order valence-corrected chi connectivity index (χ1v) is 5.79. The Labute approximate surface area is 101 Å². The molecule has 0 atom stereocenters. The average molecular weight is 231 g/mol. The maximum atomic E-state index is 4.33. The molecule has 5 nitrogen and oxygen atoms in total. The molecule has 0 aliphatic carbocycles. The van der Waals surface area contributed by atoms with Crippen molar-refractivity contribution in [2.75, 3.05) is 6.54 Å². The van der Waals surface area contributed by atoms with E-state index in [1.54, 1.807) is 24.8 Å². The van der Waals surface area contributed by atoms with Crippen LogP contribution >= 0.6 is 0 Å². The highest BCUT2D eigenvalue weighted by atomic mass is 15.0. The zero-order valence-corrected chi connectivity index (χ0v) is 10.1. The van der Waals surface area contributed by atoms with Gasteiger partial charge in [-0.1, -0.05) is 13.8 Å². The highest BCUT2D eigenvalue weighted by Crippen LogP contribution is 2.11. The second-order valence-corrected chi connectivity index (χ2v) is 4.19. The van der Waals surface area contributed by atoms with Crippen LogP contribution in [0, 0.1) is 0 Å². The third kappa shape index (κ3) is 3.35. The van der Waals surface area contributed by atoms with Gasteiger partial charge < -0.3 is 10.3 Å². The lowest BCUT2D eigenvalue weighted by molar-refractivity contribution is 0.584. The molecule has 0 spiro atoms. The fraction of sp³-hybridized carbons (Fsp3) is 0.417. The standard InChI is InChI=1S/C12H17N5/c1-9(2)14-4-3-12-16-8-11(17-12)10-7-13-5-6-15-10/h5-9,14H,3-4H2,1-2H3,(H,16,17). The van der Waals surface area contributed by atoms with Gasteiger partial charge in [0, 0.05) is 31.4 Å². The first-order valence-electron chi connectivity index (χ1n) is 5.79. The summed E-state index contributed by atoms with van der Waals surface area (Å²) < 4.78 is 0. The Hall–Kier alpha value is -1.75. The molecule has 2 rings (SSSR count). The van der Waals surface area contributed by atoms with E-state index in [2.05, 4.69) is 39.1 Å². The van der Waals surface area contributed by atoms with Gasteiger partial charge in [0.25, 0.3) is 0 Å². The molecule has 90 valence electrons. The summed E-state index contributed by atoms with van der Waals surface area (Å²) in [6.45, 7) is 5.19. The molecule has 0 amide bonds. The van der Waals surface area contributed by atoms with Gasteiger partial charge in [-0.25, -0.2) is 4.98 Å². The van der Waals surface area contributed by atoms with Crippen LogP contribution in [0.1, 0.15) is 19.7 Å². The van der Waals surface area contributed by atoms with E-state index in [9.17, 15) is 0 Å². The lowest BCUT2D eigenvalue weighted by atomic mass is 10.3. The van der Waals surface area contributed by atoms with E-state index < -0.39 is 0 Å². The first kappa shape index (κ1) is 11.7. The maximum absolute atomic E-state index is 4.33. The van der Waals surface area contributed by atoms with E-state index in [4.69, 9.17) is 0 Å². The zero-order valence-electron chi connectivity index (χ0n) is 10.1. The third-order valence-electron chi connectivity index (χ3n) is 2.38. The van der Waals surface area contributed by atoms with E-state index in [-0.39, 0.29) is 0 Å². The predicted octanol–water partition coefficient (Wildman–Crippen LogP) is 1.41. The summed E-state index contributed by atoms with van der Waals surface area (Å²) in [4.78, 5) is 15.8. The lowest BCUT2D eigenvalue weighted by Crippen LogP contribution is -2.25. The third-order valence-corrected chi connectivity index (χ3v) is 2.38. The minimum absolute atomic E-state index is 0.504. The molecule has 0 aromatic carbocycles. The second kappa shape index (κ2) is 5.54. The molecule has 2 aromatic rings. The van der Waals surface area contributed by atoms with Gasteiger partial charge in [0.2, 0.25) is 0 Å². The molecule has 0 aliphatic rings. The second-order valence-electron chi connectivity index (χ2n) is 4.19. The Morgan fingerprint density at radius 2 is 2.12 bits per heavy atom. The van der Waals surface area contributed by atoms with E-state index in [0.29, 0.717) is 6.04 Å². The van der Waals surface area contributed by atoms with Gasteiger partial charge in [-0.15, -0.1) is 0 Å². The molecule has 2 heterocycles. The summed E-state index contributed by atoms with van der Waals surface area (Å²) in [6.07, 6.45) is 7.75. The minimum Gasteiger partial charge on any atom is -0.341 e. The Morgan fingerprint density at radius 1 is 1.24 bits per heavy atom. The number of aromatic amines is 1. The van der Waals surface area contributed by atoms with Crippen molar-refractivity contribution in [1.82, 2.24) is 25.3 Å². The van der Waals surface area contributed by atoms with Crippen molar-refractivity contribution in [2.24, 2.45) is 0 Å². The van der Waals surface area contributed by atoms with Gasteiger partial charge in [0.15, 0.2) is 0 Å². The largest absolute Gasteiger partial charge is 0.341 e. The van der Waals surface area contributed by atoms with Gasteiger partial charge in [0.1, 0.15) is 11.5 Å². The number of rotatable bonds is 5. The van der Waals surface area contributed by atoms with Crippen molar-refractivity contribution in [3.8, 4) is 11.4 Å². The predicted molar refractivity (Wildman–Crippen MR) is 66.5 cm³/mol. The Kier molecular flexibility index (Phi) is 3.82. The van der Waals surface area contributed by atoms with Crippen LogP contribution in [0.5, 0.6) is 0 Å². The molecule has 0 radical (unpaired) electrons. The van der Waals surface area contributed by atoms with Crippen LogP contribution in [0.15, 0.2) is 24.8 Å². The van der Waals surface area contributed by atoms with Gasteiger partial charge in [-0.2, -0.15) is 0 Å². The Morgan fingerprint density at radius 3 is 2.82 bits per heavy atom. The van der Waals surface area contributed by atoms with Gasteiger partial charge in [-0.3, -0.25) is 9.97 Å². The van der Waals surface area contributed by atoms with Gasteiger partial charge in [-0.05, 0) is 0 Å². The van der Waals surface area contributed by atoms with Crippen LogP contribution in [-0.4, -0.2) is 32.5 Å². The molecule has 0 saturated carbocycles. The van der Waals surface area contributed by atoms with Crippen molar-refractivity contribution in [3.63, 3.8) is 0 Å². The summed E-state index contributed by atoms with van der Waals surface area (Å²) in [5.74, 6) is 0.971. The molecule has 17 heavy (non-hydrogen) atoms. The van der Waals surface area contributed by atoms with Gasteiger partial charge in [0.05, 0.1) is 18.1 Å². The molecular formula is C12H17N5. The molecule has 0 saturated heterocycles. The Balaban J connectivity index is 1.97. The van der Waals surface area contributed by atoms with Crippen LogP contribution < -0.4 is 5.32 Å². The van der Waals surface area contributed by atoms with E-state index >= 15 is 0 Å². The number of hydrogen-bond acceptors (Lipinski definition) is 4. The fourth-order valence-electron chi connectivity index (χ4n) is 1.54. The topological polar surface area (TPSA) is 66.5 Å². The van der Waals surface area contributed by atoms with E-state index in [0.717, 1.165) is 30.2 Å².